The third-order valence-electron chi connectivity index (χ3n) is 3.01. The number of rotatable bonds is 3. The Labute approximate surface area is 112 Å². The zero-order valence-electron chi connectivity index (χ0n) is 10.6. The summed E-state index contributed by atoms with van der Waals surface area (Å²) in [4.78, 5) is 32.6. The molecule has 0 aliphatic carbocycles. The highest BCUT2D eigenvalue weighted by Gasteiger charge is 2.29. The van der Waals surface area contributed by atoms with Crippen molar-refractivity contribution in [1.82, 2.24) is 30.0 Å². The summed E-state index contributed by atoms with van der Waals surface area (Å²) in [6.07, 6.45) is 1.59. The van der Waals surface area contributed by atoms with Crippen molar-refractivity contribution in [2.75, 3.05) is 12.0 Å². The molecule has 4 N–H and O–H groups in total. The molecule has 1 fully saturated rings. The minimum absolute atomic E-state index is 0.00517. The van der Waals surface area contributed by atoms with E-state index in [1.807, 2.05) is 0 Å². The van der Waals surface area contributed by atoms with Gasteiger partial charge < -0.3 is 10.7 Å². The molecule has 0 bridgehead atoms. The topological polar surface area (TPSA) is 131 Å². The molecule has 0 spiro atoms. The van der Waals surface area contributed by atoms with Crippen molar-refractivity contribution in [2.24, 2.45) is 12.9 Å². The SMILES string of the molecule is Cn1ncc2c(NN)nc(CN3C(=O)CNC3=O)nc21. The molecule has 0 aromatic carbocycles. The quantitative estimate of drug-likeness (QED) is 0.360. The summed E-state index contributed by atoms with van der Waals surface area (Å²) in [5, 5.41) is 7.16. The zero-order valence-corrected chi connectivity index (χ0v) is 10.6. The highest BCUT2D eigenvalue weighted by Crippen LogP contribution is 2.19. The molecule has 0 saturated carbocycles. The summed E-state index contributed by atoms with van der Waals surface area (Å²) in [5.74, 6) is 5.80. The fourth-order valence-electron chi connectivity index (χ4n) is 2.00. The molecule has 10 heteroatoms. The van der Waals surface area contributed by atoms with E-state index < -0.39 is 6.03 Å². The van der Waals surface area contributed by atoms with Crippen LogP contribution in [-0.4, -0.2) is 43.1 Å². The molecule has 3 rings (SSSR count). The van der Waals surface area contributed by atoms with E-state index in [2.05, 4.69) is 25.8 Å². The van der Waals surface area contributed by atoms with Crippen LogP contribution in [0.4, 0.5) is 10.6 Å². The molecule has 10 nitrogen and oxygen atoms in total. The second-order valence-electron chi connectivity index (χ2n) is 4.28. The van der Waals surface area contributed by atoms with Gasteiger partial charge in [0.05, 0.1) is 24.7 Å². The van der Waals surface area contributed by atoms with Crippen LogP contribution in [0.15, 0.2) is 6.20 Å². The van der Waals surface area contributed by atoms with Crippen LogP contribution in [0, 0.1) is 0 Å². The number of imide groups is 1. The maximum absolute atomic E-state index is 11.6. The van der Waals surface area contributed by atoms with Gasteiger partial charge in [0, 0.05) is 7.05 Å². The third kappa shape index (κ3) is 1.82. The number of urea groups is 1. The van der Waals surface area contributed by atoms with Crippen LogP contribution < -0.4 is 16.6 Å². The number of fused-ring (bicyclic) bond motifs is 1. The number of nitrogen functional groups attached to an aromatic ring is 1. The molecule has 1 aliphatic heterocycles. The maximum atomic E-state index is 11.6. The van der Waals surface area contributed by atoms with Gasteiger partial charge in [-0.25, -0.2) is 20.6 Å². The lowest BCUT2D eigenvalue weighted by Gasteiger charge is -2.12. The van der Waals surface area contributed by atoms with Crippen LogP contribution >= 0.6 is 0 Å². The smallest absolute Gasteiger partial charge is 0.325 e. The van der Waals surface area contributed by atoms with E-state index in [1.54, 1.807) is 17.9 Å². The Kier molecular flexibility index (Phi) is 2.71. The largest absolute Gasteiger partial charge is 0.329 e. The van der Waals surface area contributed by atoms with Gasteiger partial charge in [-0.1, -0.05) is 0 Å². The van der Waals surface area contributed by atoms with Gasteiger partial charge in [0.1, 0.15) is 0 Å². The van der Waals surface area contributed by atoms with E-state index >= 15 is 0 Å². The molecule has 0 atom stereocenters. The first-order valence-electron chi connectivity index (χ1n) is 5.83. The van der Waals surface area contributed by atoms with Crippen molar-refractivity contribution < 1.29 is 9.59 Å². The van der Waals surface area contributed by atoms with Crippen LogP contribution in [-0.2, 0) is 18.4 Å². The fraction of sp³-hybridized carbons (Fsp3) is 0.300. The summed E-state index contributed by atoms with van der Waals surface area (Å²) in [6, 6.07) is -0.453. The van der Waals surface area contributed by atoms with E-state index in [4.69, 9.17) is 5.84 Å². The molecule has 0 radical (unpaired) electrons. The summed E-state index contributed by atoms with van der Waals surface area (Å²) < 4.78 is 1.56. The van der Waals surface area contributed by atoms with E-state index in [-0.39, 0.29) is 19.0 Å². The van der Waals surface area contributed by atoms with Crippen LogP contribution in [0.2, 0.25) is 0 Å². The number of anilines is 1. The number of hydrazine groups is 1. The third-order valence-corrected chi connectivity index (χ3v) is 3.01. The Balaban J connectivity index is 2.01. The summed E-state index contributed by atoms with van der Waals surface area (Å²) in [5.41, 5.74) is 3.03. The normalized spacial score (nSPS) is 15.0. The molecule has 20 heavy (non-hydrogen) atoms. The second-order valence-corrected chi connectivity index (χ2v) is 4.28. The van der Waals surface area contributed by atoms with Gasteiger partial charge in [-0.2, -0.15) is 5.10 Å². The summed E-state index contributed by atoms with van der Waals surface area (Å²) in [7, 11) is 1.73. The monoisotopic (exact) mass is 276 g/mol. The number of aromatic nitrogens is 4. The van der Waals surface area contributed by atoms with Crippen molar-refractivity contribution in [3.8, 4) is 0 Å². The molecule has 3 heterocycles. The second kappa shape index (κ2) is 4.42. The first-order valence-corrected chi connectivity index (χ1v) is 5.83. The highest BCUT2D eigenvalue weighted by atomic mass is 16.2. The number of amides is 3. The molecule has 2 aromatic heterocycles. The van der Waals surface area contributed by atoms with Crippen molar-refractivity contribution in [3.05, 3.63) is 12.0 Å². The Bertz CT molecular complexity index is 693. The first-order chi connectivity index (χ1) is 9.60. The molecule has 1 saturated heterocycles. The van der Waals surface area contributed by atoms with Crippen molar-refractivity contribution in [1.29, 1.82) is 0 Å². The van der Waals surface area contributed by atoms with E-state index in [0.29, 0.717) is 22.7 Å². The minimum atomic E-state index is -0.453. The van der Waals surface area contributed by atoms with Gasteiger partial charge in [-0.15, -0.1) is 0 Å². The van der Waals surface area contributed by atoms with Crippen molar-refractivity contribution >= 4 is 28.8 Å². The van der Waals surface area contributed by atoms with E-state index in [0.717, 1.165) is 4.90 Å². The predicted molar refractivity (Wildman–Crippen MR) is 68.1 cm³/mol. The van der Waals surface area contributed by atoms with Gasteiger partial charge in [0.25, 0.3) is 0 Å². The lowest BCUT2D eigenvalue weighted by molar-refractivity contribution is -0.125. The highest BCUT2D eigenvalue weighted by molar-refractivity contribution is 6.01. The van der Waals surface area contributed by atoms with E-state index in [1.165, 1.54) is 0 Å². The van der Waals surface area contributed by atoms with Gasteiger partial charge in [-0.05, 0) is 0 Å². The van der Waals surface area contributed by atoms with Crippen LogP contribution in [0.1, 0.15) is 5.82 Å². The average Bonchev–Trinajstić information content (AvgIpc) is 2.96. The number of nitrogens with zero attached hydrogens (tertiary/aromatic N) is 5. The van der Waals surface area contributed by atoms with Gasteiger partial charge in [0.2, 0.25) is 5.91 Å². The molecular formula is C10H12N8O2. The average molecular weight is 276 g/mol. The first kappa shape index (κ1) is 12.3. The summed E-state index contributed by atoms with van der Waals surface area (Å²) in [6.45, 7) is -0.0186. The van der Waals surface area contributed by atoms with Gasteiger partial charge in [0.15, 0.2) is 17.3 Å². The number of hydrogen-bond acceptors (Lipinski definition) is 7. The predicted octanol–water partition coefficient (Wildman–Crippen LogP) is -1.30. The Hall–Kier alpha value is -2.75. The Morgan fingerprint density at radius 2 is 2.25 bits per heavy atom. The summed E-state index contributed by atoms with van der Waals surface area (Å²) >= 11 is 0. The number of nitrogens with two attached hydrogens (primary N) is 1. The lowest BCUT2D eigenvalue weighted by Crippen LogP contribution is -2.31. The standard InChI is InChI=1S/C10H12N8O2/c1-17-9-5(2-13-17)8(16-11)14-6(15-9)4-18-7(19)3-12-10(18)20/h2H,3-4,11H2,1H3,(H,12,20)(H,14,15,16). The molecular weight excluding hydrogens is 264 g/mol. The number of hydrogen-bond donors (Lipinski definition) is 3. The number of aryl methyl sites for hydroxylation is 1. The Morgan fingerprint density at radius 1 is 1.45 bits per heavy atom. The van der Waals surface area contributed by atoms with Crippen molar-refractivity contribution in [3.63, 3.8) is 0 Å². The maximum Gasteiger partial charge on any atom is 0.325 e. The zero-order chi connectivity index (χ0) is 14.3. The minimum Gasteiger partial charge on any atom is -0.329 e. The van der Waals surface area contributed by atoms with Gasteiger partial charge in [-0.3, -0.25) is 14.4 Å². The van der Waals surface area contributed by atoms with Crippen LogP contribution in [0.25, 0.3) is 11.0 Å². The van der Waals surface area contributed by atoms with E-state index in [9.17, 15) is 9.59 Å². The molecule has 1 aliphatic rings. The fourth-order valence-corrected chi connectivity index (χ4v) is 2.00. The van der Waals surface area contributed by atoms with Crippen LogP contribution in [0.3, 0.4) is 0 Å². The molecule has 104 valence electrons. The van der Waals surface area contributed by atoms with Gasteiger partial charge >= 0.3 is 6.03 Å². The number of carbonyl (C=O) groups is 2. The van der Waals surface area contributed by atoms with Crippen molar-refractivity contribution in [2.45, 2.75) is 6.54 Å². The molecule has 2 aromatic rings. The lowest BCUT2D eigenvalue weighted by atomic mass is 10.3. The number of nitrogens with one attached hydrogen (secondary N) is 2. The molecule has 3 amide bonds. The number of carbonyl (C=O) groups excluding carboxylic acids is 2. The van der Waals surface area contributed by atoms with Crippen LogP contribution in [0.5, 0.6) is 0 Å². The molecule has 0 unspecified atom stereocenters. The Morgan fingerprint density at radius 3 is 2.90 bits per heavy atom.